The van der Waals surface area contributed by atoms with Gasteiger partial charge < -0.3 is 10.2 Å². The lowest BCUT2D eigenvalue weighted by atomic mass is 10.1. The first-order valence-corrected chi connectivity index (χ1v) is 6.77. The van der Waals surface area contributed by atoms with Gasteiger partial charge in [0.15, 0.2) is 0 Å². The highest BCUT2D eigenvalue weighted by molar-refractivity contribution is 5.51. The standard InChI is InChI=1S/C15H22N4/c1-12-10-19(15(9-17-2)11-18(12)3)14-6-4-13(8-16)5-7-14/h4-7,12,15,17H,9-11H2,1-3H3. The molecule has 1 aliphatic heterocycles. The van der Waals surface area contributed by atoms with E-state index in [4.69, 9.17) is 5.26 Å². The van der Waals surface area contributed by atoms with Gasteiger partial charge in [-0.05, 0) is 45.3 Å². The maximum atomic E-state index is 8.87. The summed E-state index contributed by atoms with van der Waals surface area (Å²) in [6, 6.07) is 11.1. The van der Waals surface area contributed by atoms with Gasteiger partial charge in [0, 0.05) is 31.4 Å². The van der Waals surface area contributed by atoms with Crippen molar-refractivity contribution in [3.05, 3.63) is 29.8 Å². The molecule has 4 heteroatoms. The summed E-state index contributed by atoms with van der Waals surface area (Å²) in [5, 5.41) is 12.1. The topological polar surface area (TPSA) is 42.3 Å². The molecule has 1 heterocycles. The van der Waals surface area contributed by atoms with Crippen LogP contribution in [0.2, 0.25) is 0 Å². The first-order valence-electron chi connectivity index (χ1n) is 6.77. The number of hydrogen-bond acceptors (Lipinski definition) is 4. The van der Waals surface area contributed by atoms with Crippen molar-refractivity contribution < 1.29 is 0 Å². The summed E-state index contributed by atoms with van der Waals surface area (Å²) in [6.07, 6.45) is 0. The van der Waals surface area contributed by atoms with Crippen LogP contribution in [0, 0.1) is 11.3 Å². The first-order chi connectivity index (χ1) is 9.15. The van der Waals surface area contributed by atoms with Gasteiger partial charge >= 0.3 is 0 Å². The van der Waals surface area contributed by atoms with Crippen molar-refractivity contribution in [1.29, 1.82) is 5.26 Å². The van der Waals surface area contributed by atoms with Crippen LogP contribution < -0.4 is 10.2 Å². The van der Waals surface area contributed by atoms with Gasteiger partial charge in [-0.25, -0.2) is 0 Å². The predicted molar refractivity (Wildman–Crippen MR) is 78.3 cm³/mol. The second-order valence-corrected chi connectivity index (χ2v) is 5.31. The highest BCUT2D eigenvalue weighted by atomic mass is 15.3. The van der Waals surface area contributed by atoms with Gasteiger partial charge in [0.2, 0.25) is 0 Å². The van der Waals surface area contributed by atoms with Gasteiger partial charge in [0.1, 0.15) is 0 Å². The molecular weight excluding hydrogens is 236 g/mol. The highest BCUT2D eigenvalue weighted by Gasteiger charge is 2.29. The molecule has 102 valence electrons. The van der Waals surface area contributed by atoms with E-state index in [1.807, 2.05) is 19.2 Å². The third kappa shape index (κ3) is 3.06. The number of anilines is 1. The zero-order valence-corrected chi connectivity index (χ0v) is 11.9. The quantitative estimate of drug-likeness (QED) is 0.887. The van der Waals surface area contributed by atoms with E-state index in [2.05, 4.69) is 47.3 Å². The van der Waals surface area contributed by atoms with E-state index in [1.165, 1.54) is 5.69 Å². The number of benzene rings is 1. The van der Waals surface area contributed by atoms with Crippen LogP contribution in [0.4, 0.5) is 5.69 Å². The molecule has 0 radical (unpaired) electrons. The predicted octanol–water partition coefficient (Wildman–Crippen LogP) is 1.29. The Morgan fingerprint density at radius 2 is 2.00 bits per heavy atom. The fourth-order valence-corrected chi connectivity index (χ4v) is 2.64. The number of rotatable bonds is 3. The number of piperazine rings is 1. The van der Waals surface area contributed by atoms with E-state index in [-0.39, 0.29) is 0 Å². The Kier molecular flexibility index (Phi) is 4.41. The van der Waals surface area contributed by atoms with Crippen molar-refractivity contribution in [2.75, 3.05) is 38.6 Å². The van der Waals surface area contributed by atoms with Crippen LogP contribution in [0.25, 0.3) is 0 Å². The van der Waals surface area contributed by atoms with Gasteiger partial charge in [-0.15, -0.1) is 0 Å². The van der Waals surface area contributed by atoms with Crippen molar-refractivity contribution in [2.45, 2.75) is 19.0 Å². The summed E-state index contributed by atoms with van der Waals surface area (Å²) < 4.78 is 0. The Bertz CT molecular complexity index is 448. The van der Waals surface area contributed by atoms with Crippen LogP contribution in [0.3, 0.4) is 0 Å². The number of nitrogens with one attached hydrogen (secondary N) is 1. The average Bonchev–Trinajstić information content (AvgIpc) is 2.43. The first kappa shape index (κ1) is 13.9. The second-order valence-electron chi connectivity index (χ2n) is 5.31. The van der Waals surface area contributed by atoms with Crippen LogP contribution in [0.1, 0.15) is 12.5 Å². The maximum absolute atomic E-state index is 8.87. The molecule has 1 aromatic carbocycles. The van der Waals surface area contributed by atoms with Gasteiger partial charge in [-0.1, -0.05) is 0 Å². The summed E-state index contributed by atoms with van der Waals surface area (Å²) in [5.74, 6) is 0. The molecule has 0 aliphatic carbocycles. The minimum Gasteiger partial charge on any atom is -0.364 e. The fourth-order valence-electron chi connectivity index (χ4n) is 2.64. The van der Waals surface area contributed by atoms with Crippen molar-refractivity contribution >= 4 is 5.69 Å². The van der Waals surface area contributed by atoms with Crippen molar-refractivity contribution in [3.8, 4) is 6.07 Å². The van der Waals surface area contributed by atoms with Crippen LogP contribution in [-0.4, -0.2) is 50.7 Å². The molecule has 0 bridgehead atoms. The summed E-state index contributed by atoms with van der Waals surface area (Å²) in [6.45, 7) is 5.31. The molecule has 1 aromatic rings. The van der Waals surface area contributed by atoms with Gasteiger partial charge in [0.05, 0.1) is 17.7 Å². The van der Waals surface area contributed by atoms with Crippen LogP contribution in [0.5, 0.6) is 0 Å². The maximum Gasteiger partial charge on any atom is 0.0991 e. The minimum absolute atomic E-state index is 0.471. The van der Waals surface area contributed by atoms with Crippen LogP contribution in [0.15, 0.2) is 24.3 Å². The Labute approximate surface area is 115 Å². The van der Waals surface area contributed by atoms with Crippen molar-refractivity contribution in [3.63, 3.8) is 0 Å². The summed E-state index contributed by atoms with van der Waals surface area (Å²) >= 11 is 0. The van der Waals surface area contributed by atoms with Crippen molar-refractivity contribution in [2.24, 2.45) is 0 Å². The van der Waals surface area contributed by atoms with Crippen LogP contribution in [-0.2, 0) is 0 Å². The Morgan fingerprint density at radius 3 is 2.58 bits per heavy atom. The molecule has 0 saturated carbocycles. The van der Waals surface area contributed by atoms with Crippen molar-refractivity contribution in [1.82, 2.24) is 10.2 Å². The van der Waals surface area contributed by atoms with E-state index in [0.29, 0.717) is 12.1 Å². The Balaban J connectivity index is 2.20. The molecule has 0 amide bonds. The zero-order valence-electron chi connectivity index (χ0n) is 11.9. The fraction of sp³-hybridized carbons (Fsp3) is 0.533. The molecule has 19 heavy (non-hydrogen) atoms. The smallest absolute Gasteiger partial charge is 0.0991 e. The average molecular weight is 258 g/mol. The third-order valence-electron chi connectivity index (χ3n) is 3.92. The molecule has 1 aliphatic rings. The van der Waals surface area contributed by atoms with Crippen LogP contribution >= 0.6 is 0 Å². The van der Waals surface area contributed by atoms with E-state index in [1.54, 1.807) is 0 Å². The summed E-state index contributed by atoms with van der Waals surface area (Å²) in [7, 11) is 4.18. The largest absolute Gasteiger partial charge is 0.364 e. The molecule has 1 N–H and O–H groups in total. The highest BCUT2D eigenvalue weighted by Crippen LogP contribution is 2.22. The number of nitrogens with zero attached hydrogens (tertiary/aromatic N) is 3. The molecule has 0 spiro atoms. The number of likely N-dealkylation sites (N-methyl/N-ethyl adjacent to an activating group) is 2. The molecular formula is C15H22N4. The lowest BCUT2D eigenvalue weighted by molar-refractivity contribution is 0.199. The van der Waals surface area contributed by atoms with E-state index >= 15 is 0 Å². The minimum atomic E-state index is 0.471. The molecule has 4 nitrogen and oxygen atoms in total. The third-order valence-corrected chi connectivity index (χ3v) is 3.92. The molecule has 2 atom stereocenters. The van der Waals surface area contributed by atoms with E-state index in [0.717, 1.165) is 25.2 Å². The van der Waals surface area contributed by atoms with E-state index < -0.39 is 0 Å². The SMILES string of the molecule is CNCC1CN(C)C(C)CN1c1ccc(C#N)cc1. The molecule has 1 fully saturated rings. The van der Waals surface area contributed by atoms with E-state index in [9.17, 15) is 0 Å². The molecule has 2 unspecified atom stereocenters. The summed E-state index contributed by atoms with van der Waals surface area (Å²) in [4.78, 5) is 4.85. The molecule has 0 aromatic heterocycles. The van der Waals surface area contributed by atoms with Gasteiger partial charge in [-0.3, -0.25) is 4.90 Å². The zero-order chi connectivity index (χ0) is 13.8. The Morgan fingerprint density at radius 1 is 1.32 bits per heavy atom. The monoisotopic (exact) mass is 258 g/mol. The lowest BCUT2D eigenvalue weighted by Crippen LogP contribution is -2.58. The number of hydrogen-bond donors (Lipinski definition) is 1. The Hall–Kier alpha value is -1.57. The number of nitriles is 1. The normalized spacial score (nSPS) is 24.2. The van der Waals surface area contributed by atoms with Gasteiger partial charge in [-0.2, -0.15) is 5.26 Å². The van der Waals surface area contributed by atoms with Gasteiger partial charge in [0.25, 0.3) is 0 Å². The summed E-state index contributed by atoms with van der Waals surface area (Å²) in [5.41, 5.74) is 1.93. The lowest BCUT2D eigenvalue weighted by Gasteiger charge is -2.45. The molecule has 1 saturated heterocycles. The molecule has 2 rings (SSSR count). The second kappa shape index (κ2) is 6.05.